The van der Waals surface area contributed by atoms with E-state index in [2.05, 4.69) is 11.8 Å². The number of hydrogen-bond acceptors (Lipinski definition) is 2. The highest BCUT2D eigenvalue weighted by Gasteiger charge is 2.07. The summed E-state index contributed by atoms with van der Waals surface area (Å²) >= 11 is 0. The number of halogens is 2. The summed E-state index contributed by atoms with van der Waals surface area (Å²) in [5.41, 5.74) is 0.645. The quantitative estimate of drug-likeness (QED) is 0.620. The van der Waals surface area contributed by atoms with Gasteiger partial charge in [-0.2, -0.15) is 0 Å². The van der Waals surface area contributed by atoms with Crippen LogP contribution < -0.4 is 4.74 Å². The highest BCUT2D eigenvalue weighted by Crippen LogP contribution is 2.11. The van der Waals surface area contributed by atoms with E-state index in [1.807, 2.05) is 0 Å². The summed E-state index contributed by atoms with van der Waals surface area (Å²) in [4.78, 5) is 11.7. The Morgan fingerprint density at radius 1 is 1.05 bits per heavy atom. The first-order valence-corrected chi connectivity index (χ1v) is 5.75. The van der Waals surface area contributed by atoms with Gasteiger partial charge < -0.3 is 4.74 Å². The fraction of sp³-hybridized carbons (Fsp3) is 0.0625. The van der Waals surface area contributed by atoms with Crippen LogP contribution in [0.15, 0.2) is 42.5 Å². The number of Topliss-reactive ketones (excluding diaryl/α,β-unsaturated/α-hetero) is 1. The third-order valence-corrected chi connectivity index (χ3v) is 2.59. The summed E-state index contributed by atoms with van der Waals surface area (Å²) in [5.74, 6) is 3.09. The normalized spacial score (nSPS) is 9.55. The molecule has 0 bridgehead atoms. The van der Waals surface area contributed by atoms with Gasteiger partial charge in [0.15, 0.2) is 11.6 Å². The van der Waals surface area contributed by atoms with Crippen LogP contribution in [0.3, 0.4) is 0 Å². The monoisotopic (exact) mass is 272 g/mol. The molecular formula is C16H10F2O2. The Hall–Kier alpha value is -2.67. The van der Waals surface area contributed by atoms with E-state index >= 15 is 0 Å². The van der Waals surface area contributed by atoms with Crippen LogP contribution in [-0.2, 0) is 0 Å². The largest absolute Gasteiger partial charge is 0.497 e. The lowest BCUT2D eigenvalue weighted by Gasteiger charge is -1.97. The van der Waals surface area contributed by atoms with Gasteiger partial charge in [0.2, 0.25) is 5.78 Å². The molecule has 4 heteroatoms. The molecule has 0 aliphatic rings. The Bertz CT molecular complexity index is 695. The summed E-state index contributed by atoms with van der Waals surface area (Å²) < 4.78 is 30.7. The smallest absolute Gasteiger partial charge is 0.236 e. The fourth-order valence-corrected chi connectivity index (χ4v) is 1.51. The van der Waals surface area contributed by atoms with E-state index in [0.717, 1.165) is 12.1 Å². The van der Waals surface area contributed by atoms with Gasteiger partial charge in [-0.15, -0.1) is 0 Å². The van der Waals surface area contributed by atoms with Crippen molar-refractivity contribution in [2.45, 2.75) is 0 Å². The number of rotatable bonds is 2. The molecule has 2 nitrogen and oxygen atoms in total. The Labute approximate surface area is 115 Å². The van der Waals surface area contributed by atoms with E-state index in [1.54, 1.807) is 31.4 Å². The molecule has 0 fully saturated rings. The maximum atomic E-state index is 13.0. The highest BCUT2D eigenvalue weighted by atomic mass is 19.2. The zero-order chi connectivity index (χ0) is 14.5. The van der Waals surface area contributed by atoms with Gasteiger partial charge in [0.05, 0.1) is 7.11 Å². The van der Waals surface area contributed by atoms with Crippen LogP contribution >= 0.6 is 0 Å². The highest BCUT2D eigenvalue weighted by molar-refractivity contribution is 6.09. The molecule has 0 saturated carbocycles. The molecular weight excluding hydrogens is 262 g/mol. The van der Waals surface area contributed by atoms with Crippen molar-refractivity contribution in [1.82, 2.24) is 0 Å². The molecule has 0 aliphatic heterocycles. The maximum absolute atomic E-state index is 13.0. The van der Waals surface area contributed by atoms with Gasteiger partial charge in [-0.05, 0) is 48.4 Å². The summed E-state index contributed by atoms with van der Waals surface area (Å²) in [6, 6.07) is 9.76. The van der Waals surface area contributed by atoms with Gasteiger partial charge in [0, 0.05) is 11.1 Å². The van der Waals surface area contributed by atoms with Crippen molar-refractivity contribution in [3.05, 3.63) is 65.2 Å². The van der Waals surface area contributed by atoms with Gasteiger partial charge in [-0.1, -0.05) is 5.92 Å². The topological polar surface area (TPSA) is 26.3 Å². The van der Waals surface area contributed by atoms with E-state index < -0.39 is 17.4 Å². The molecule has 0 heterocycles. The van der Waals surface area contributed by atoms with Crippen molar-refractivity contribution in [3.8, 4) is 17.6 Å². The SMILES string of the molecule is COc1ccc(C#CC(=O)c2ccc(F)c(F)c2)cc1. The second kappa shape index (κ2) is 5.98. The van der Waals surface area contributed by atoms with Crippen molar-refractivity contribution in [1.29, 1.82) is 0 Å². The summed E-state index contributed by atoms with van der Waals surface area (Å²) in [6.45, 7) is 0. The van der Waals surface area contributed by atoms with Crippen molar-refractivity contribution < 1.29 is 18.3 Å². The zero-order valence-corrected chi connectivity index (χ0v) is 10.6. The van der Waals surface area contributed by atoms with Gasteiger partial charge in [0.1, 0.15) is 5.75 Å². The van der Waals surface area contributed by atoms with Crippen LogP contribution in [0.25, 0.3) is 0 Å². The number of ketones is 1. The molecule has 0 aliphatic carbocycles. The lowest BCUT2D eigenvalue weighted by atomic mass is 10.1. The number of ether oxygens (including phenoxy) is 1. The molecule has 2 rings (SSSR count). The first-order chi connectivity index (χ1) is 9.60. The number of hydrogen-bond donors (Lipinski definition) is 0. The summed E-state index contributed by atoms with van der Waals surface area (Å²) in [7, 11) is 1.55. The van der Waals surface area contributed by atoms with Crippen LogP contribution in [0.5, 0.6) is 5.75 Å². The Morgan fingerprint density at radius 3 is 2.35 bits per heavy atom. The minimum absolute atomic E-state index is 0.0184. The lowest BCUT2D eigenvalue weighted by molar-refractivity contribution is 0.105. The molecule has 0 N–H and O–H groups in total. The van der Waals surface area contributed by atoms with E-state index in [4.69, 9.17) is 4.74 Å². The molecule has 0 aromatic heterocycles. The third-order valence-electron chi connectivity index (χ3n) is 2.59. The van der Waals surface area contributed by atoms with E-state index in [1.165, 1.54) is 6.07 Å². The summed E-state index contributed by atoms with van der Waals surface area (Å²) in [6.07, 6.45) is 0. The Kier molecular flexibility index (Phi) is 4.11. The van der Waals surface area contributed by atoms with Gasteiger partial charge in [-0.25, -0.2) is 8.78 Å². The Morgan fingerprint density at radius 2 is 1.75 bits per heavy atom. The Balaban J connectivity index is 2.18. The predicted octanol–water partition coefficient (Wildman–Crippen LogP) is 3.21. The van der Waals surface area contributed by atoms with E-state index in [0.29, 0.717) is 11.3 Å². The fourth-order valence-electron chi connectivity index (χ4n) is 1.51. The number of benzene rings is 2. The summed E-state index contributed by atoms with van der Waals surface area (Å²) in [5, 5.41) is 0. The minimum atomic E-state index is -1.07. The number of methoxy groups -OCH3 is 1. The second-order valence-electron chi connectivity index (χ2n) is 3.94. The molecule has 2 aromatic carbocycles. The maximum Gasteiger partial charge on any atom is 0.236 e. The lowest BCUT2D eigenvalue weighted by Crippen LogP contribution is -1.97. The van der Waals surface area contributed by atoms with Gasteiger partial charge >= 0.3 is 0 Å². The third kappa shape index (κ3) is 3.21. The first-order valence-electron chi connectivity index (χ1n) is 5.75. The van der Waals surface area contributed by atoms with E-state index in [-0.39, 0.29) is 5.56 Å². The van der Waals surface area contributed by atoms with Crippen LogP contribution in [-0.4, -0.2) is 12.9 Å². The molecule has 2 aromatic rings. The molecule has 20 heavy (non-hydrogen) atoms. The standard InChI is InChI=1S/C16H10F2O2/c1-20-13-6-2-11(3-7-13)4-9-16(19)12-5-8-14(17)15(18)10-12/h2-3,5-8,10H,1H3. The number of carbonyl (C=O) groups excluding carboxylic acids is 1. The van der Waals surface area contributed by atoms with Crippen molar-refractivity contribution >= 4 is 5.78 Å². The van der Waals surface area contributed by atoms with E-state index in [9.17, 15) is 13.6 Å². The molecule has 0 radical (unpaired) electrons. The van der Waals surface area contributed by atoms with Crippen LogP contribution in [0.2, 0.25) is 0 Å². The average molecular weight is 272 g/mol. The minimum Gasteiger partial charge on any atom is -0.497 e. The van der Waals surface area contributed by atoms with Crippen LogP contribution in [0.4, 0.5) is 8.78 Å². The number of carbonyl (C=O) groups is 1. The average Bonchev–Trinajstić information content (AvgIpc) is 2.48. The molecule has 0 spiro atoms. The molecule has 0 saturated heterocycles. The van der Waals surface area contributed by atoms with Gasteiger partial charge in [0.25, 0.3) is 0 Å². The van der Waals surface area contributed by atoms with Crippen LogP contribution in [0, 0.1) is 23.5 Å². The van der Waals surface area contributed by atoms with Gasteiger partial charge in [-0.3, -0.25) is 4.79 Å². The van der Waals surface area contributed by atoms with Crippen molar-refractivity contribution in [3.63, 3.8) is 0 Å². The molecule has 0 unspecified atom stereocenters. The van der Waals surface area contributed by atoms with Crippen molar-refractivity contribution in [2.24, 2.45) is 0 Å². The predicted molar refractivity (Wildman–Crippen MR) is 70.6 cm³/mol. The van der Waals surface area contributed by atoms with Crippen molar-refractivity contribution in [2.75, 3.05) is 7.11 Å². The first kappa shape index (κ1) is 13.8. The molecule has 100 valence electrons. The van der Waals surface area contributed by atoms with Crippen LogP contribution in [0.1, 0.15) is 15.9 Å². The second-order valence-corrected chi connectivity index (χ2v) is 3.94. The molecule has 0 amide bonds. The molecule has 0 atom stereocenters. The zero-order valence-electron chi connectivity index (χ0n) is 10.6.